The van der Waals surface area contributed by atoms with Crippen molar-refractivity contribution in [2.75, 3.05) is 5.88 Å². The average Bonchev–Trinajstić information content (AvgIpc) is 1.65. The lowest BCUT2D eigenvalue weighted by molar-refractivity contribution is 1.65. The maximum Gasteiger partial charge on any atom is 0.160 e. The number of allylic oxidation sites excluding steroid dienone is 1. The Hall–Kier alpha value is -0.280. The summed E-state index contributed by atoms with van der Waals surface area (Å²) in [5.41, 5.74) is 9.24. The van der Waals surface area contributed by atoms with Crippen LogP contribution in [0.5, 0.6) is 0 Å². The van der Waals surface area contributed by atoms with Crippen LogP contribution in [-0.4, -0.2) is 11.0 Å². The van der Waals surface area contributed by atoms with Gasteiger partial charge in [0.2, 0.25) is 0 Å². The summed E-state index contributed by atoms with van der Waals surface area (Å²) in [6.45, 7) is 3.35. The highest BCUT2D eigenvalue weighted by molar-refractivity contribution is 7.80. The molecule has 0 bridgehead atoms. The fraction of sp³-hybridized carbons (Fsp3) is 0.250. The van der Waals surface area contributed by atoms with Gasteiger partial charge in [-0.15, -0.1) is 18.2 Å². The monoisotopic (exact) mass is 152 g/mol. The first kappa shape index (κ1) is 10.7. The largest absolute Gasteiger partial charge is 0.377 e. The van der Waals surface area contributed by atoms with Crippen molar-refractivity contribution in [3.63, 3.8) is 0 Å². The Morgan fingerprint density at radius 3 is 1.88 bits per heavy atom. The minimum Gasteiger partial charge on any atom is -0.377 e. The van der Waals surface area contributed by atoms with E-state index in [0.717, 1.165) is 0 Å². The fourth-order valence-electron chi connectivity index (χ4n) is 0. The summed E-state index contributed by atoms with van der Waals surface area (Å²) in [5.74, 6) is 0.556. The van der Waals surface area contributed by atoms with E-state index >= 15 is 0 Å². The molecule has 8 heavy (non-hydrogen) atoms. The van der Waals surface area contributed by atoms with Crippen molar-refractivity contribution >= 4 is 28.9 Å². The van der Waals surface area contributed by atoms with Crippen LogP contribution in [0.15, 0.2) is 12.7 Å². The van der Waals surface area contributed by atoms with E-state index in [9.17, 15) is 0 Å². The molecule has 2 nitrogen and oxygen atoms in total. The van der Waals surface area contributed by atoms with E-state index in [-0.39, 0.29) is 5.11 Å². The Labute approximate surface area is 59.5 Å². The molecule has 0 amide bonds. The molecule has 0 radical (unpaired) electrons. The maximum absolute atomic E-state index is 5.07. The number of halogens is 1. The standard InChI is InChI=1S/C3H5Cl.CH4N2S/c1-2-3-4;2-1(3)4/h2H,1,3H2;(H4,2,3,4). The van der Waals surface area contributed by atoms with Gasteiger partial charge in [0.1, 0.15) is 0 Å². The molecule has 0 aromatic carbocycles. The van der Waals surface area contributed by atoms with Gasteiger partial charge in [-0.05, 0) is 12.2 Å². The predicted octanol–water partition coefficient (Wildman–Crippen LogP) is 0.600. The van der Waals surface area contributed by atoms with Gasteiger partial charge in [-0.1, -0.05) is 6.08 Å². The minimum atomic E-state index is 0.000000000000000222. The second-order valence-corrected chi connectivity index (χ2v) is 1.63. The van der Waals surface area contributed by atoms with Crippen LogP contribution in [0.4, 0.5) is 0 Å². The molecule has 0 aliphatic carbocycles. The average molecular weight is 153 g/mol. The van der Waals surface area contributed by atoms with Gasteiger partial charge in [-0.3, -0.25) is 0 Å². The second kappa shape index (κ2) is 9.87. The number of thiocarbonyl (C=S) groups is 1. The fourth-order valence-corrected chi connectivity index (χ4v) is 0. The first-order chi connectivity index (χ1) is 3.65. The van der Waals surface area contributed by atoms with Crippen LogP contribution in [-0.2, 0) is 0 Å². The summed E-state index contributed by atoms with van der Waals surface area (Å²) in [5, 5.41) is 0.000000000000000222. The van der Waals surface area contributed by atoms with Crippen LogP contribution in [0, 0.1) is 0 Å². The van der Waals surface area contributed by atoms with Gasteiger partial charge in [0, 0.05) is 5.88 Å². The smallest absolute Gasteiger partial charge is 0.160 e. The molecule has 0 rings (SSSR count). The zero-order chi connectivity index (χ0) is 6.99. The highest BCUT2D eigenvalue weighted by Gasteiger charge is 1.53. The van der Waals surface area contributed by atoms with E-state index in [1.54, 1.807) is 6.08 Å². The lowest BCUT2D eigenvalue weighted by atomic mass is 10.8. The van der Waals surface area contributed by atoms with E-state index in [2.05, 4.69) is 30.3 Å². The van der Waals surface area contributed by atoms with Crippen LogP contribution in [0.2, 0.25) is 0 Å². The minimum absolute atomic E-state index is 0.000000000000000222. The molecule has 0 saturated heterocycles. The summed E-state index contributed by atoms with van der Waals surface area (Å²) in [6.07, 6.45) is 1.64. The van der Waals surface area contributed by atoms with Crippen LogP contribution in [0.1, 0.15) is 0 Å². The topological polar surface area (TPSA) is 52.0 Å². The summed E-state index contributed by atoms with van der Waals surface area (Å²) in [4.78, 5) is 0. The number of nitrogens with two attached hydrogens (primary N) is 2. The molecule has 0 unspecified atom stereocenters. The lowest BCUT2D eigenvalue weighted by Gasteiger charge is -1.68. The third-order valence-electron chi connectivity index (χ3n) is 0.109. The SMILES string of the molecule is C=CCCl.NC(N)=S. The Kier molecular flexibility index (Phi) is 13.1. The lowest BCUT2D eigenvalue weighted by Crippen LogP contribution is -2.18. The number of rotatable bonds is 1. The van der Waals surface area contributed by atoms with Crippen molar-refractivity contribution in [1.29, 1.82) is 0 Å². The Morgan fingerprint density at radius 1 is 1.75 bits per heavy atom. The van der Waals surface area contributed by atoms with Crippen molar-refractivity contribution in [3.8, 4) is 0 Å². The van der Waals surface area contributed by atoms with Gasteiger partial charge in [0.15, 0.2) is 5.11 Å². The van der Waals surface area contributed by atoms with Crippen LogP contribution < -0.4 is 11.5 Å². The van der Waals surface area contributed by atoms with E-state index in [1.165, 1.54) is 0 Å². The summed E-state index contributed by atoms with van der Waals surface area (Å²) in [6, 6.07) is 0. The van der Waals surface area contributed by atoms with E-state index in [1.807, 2.05) is 0 Å². The molecular formula is C4H9ClN2S. The van der Waals surface area contributed by atoms with Crippen molar-refractivity contribution in [3.05, 3.63) is 12.7 Å². The molecule has 0 fully saturated rings. The Morgan fingerprint density at radius 2 is 1.88 bits per heavy atom. The summed E-state index contributed by atoms with van der Waals surface area (Å²) < 4.78 is 0. The molecule has 0 saturated carbocycles. The summed E-state index contributed by atoms with van der Waals surface area (Å²) >= 11 is 9.16. The molecule has 48 valence electrons. The molecule has 4 heteroatoms. The van der Waals surface area contributed by atoms with Crippen molar-refractivity contribution in [1.82, 2.24) is 0 Å². The van der Waals surface area contributed by atoms with E-state index < -0.39 is 0 Å². The molecular weight excluding hydrogens is 144 g/mol. The number of alkyl halides is 1. The normalized spacial score (nSPS) is 6.12. The second-order valence-electron chi connectivity index (χ2n) is 0.845. The van der Waals surface area contributed by atoms with Crippen molar-refractivity contribution in [2.24, 2.45) is 11.5 Å². The molecule has 0 aliphatic rings. The highest BCUT2D eigenvalue weighted by atomic mass is 35.5. The van der Waals surface area contributed by atoms with Gasteiger partial charge in [-0.25, -0.2) is 0 Å². The summed E-state index contributed by atoms with van der Waals surface area (Å²) in [7, 11) is 0. The molecule has 0 heterocycles. The molecule has 0 aromatic heterocycles. The van der Waals surface area contributed by atoms with Crippen LogP contribution in [0.3, 0.4) is 0 Å². The Balaban J connectivity index is 0. The predicted molar refractivity (Wildman–Crippen MR) is 41.9 cm³/mol. The Bertz CT molecular complexity index is 70.4. The van der Waals surface area contributed by atoms with Gasteiger partial charge in [0.25, 0.3) is 0 Å². The first-order valence-electron chi connectivity index (χ1n) is 1.87. The van der Waals surface area contributed by atoms with Crippen LogP contribution in [0.25, 0.3) is 0 Å². The van der Waals surface area contributed by atoms with E-state index in [0.29, 0.717) is 5.88 Å². The van der Waals surface area contributed by atoms with Crippen molar-refractivity contribution < 1.29 is 0 Å². The molecule has 0 aliphatic heterocycles. The number of hydrogen-bond acceptors (Lipinski definition) is 1. The quantitative estimate of drug-likeness (QED) is 0.329. The zero-order valence-electron chi connectivity index (χ0n) is 4.43. The third-order valence-corrected chi connectivity index (χ3v) is 0.327. The van der Waals surface area contributed by atoms with Crippen LogP contribution >= 0.6 is 23.8 Å². The van der Waals surface area contributed by atoms with Crippen molar-refractivity contribution in [2.45, 2.75) is 0 Å². The third kappa shape index (κ3) is 246. The molecule has 4 N–H and O–H groups in total. The molecule has 0 aromatic rings. The highest BCUT2D eigenvalue weighted by Crippen LogP contribution is 1.67. The zero-order valence-corrected chi connectivity index (χ0v) is 6.00. The maximum atomic E-state index is 5.07. The first-order valence-corrected chi connectivity index (χ1v) is 2.81. The van der Waals surface area contributed by atoms with Gasteiger partial charge >= 0.3 is 0 Å². The van der Waals surface area contributed by atoms with E-state index in [4.69, 9.17) is 11.6 Å². The number of hydrogen-bond donors (Lipinski definition) is 2. The molecule has 0 spiro atoms. The van der Waals surface area contributed by atoms with Gasteiger partial charge < -0.3 is 11.5 Å². The van der Waals surface area contributed by atoms with Gasteiger partial charge in [0.05, 0.1) is 0 Å². The van der Waals surface area contributed by atoms with Gasteiger partial charge in [-0.2, -0.15) is 0 Å². The molecule has 0 atom stereocenters.